The normalized spacial score (nSPS) is 13.4. The molecule has 1 aromatic heterocycles. The SMILES string of the molecule is OC(CNCc1cccs1)c1cccc(C(F)(F)F)c1. The molecule has 6 heteroatoms. The Balaban J connectivity index is 1.93. The lowest BCUT2D eigenvalue weighted by atomic mass is 10.1. The molecule has 0 fully saturated rings. The second-order valence-electron chi connectivity index (χ2n) is 4.35. The van der Waals surface area contributed by atoms with Crippen molar-refractivity contribution in [3.8, 4) is 0 Å². The van der Waals surface area contributed by atoms with Gasteiger partial charge in [0.15, 0.2) is 0 Å². The topological polar surface area (TPSA) is 32.3 Å². The third-order valence-corrected chi connectivity index (χ3v) is 3.69. The fourth-order valence-electron chi connectivity index (χ4n) is 1.79. The molecule has 1 aromatic carbocycles. The van der Waals surface area contributed by atoms with E-state index in [0.29, 0.717) is 6.54 Å². The van der Waals surface area contributed by atoms with Gasteiger partial charge in [-0.25, -0.2) is 0 Å². The molecule has 0 saturated carbocycles. The second-order valence-corrected chi connectivity index (χ2v) is 5.38. The molecule has 2 rings (SSSR count). The molecule has 0 bridgehead atoms. The number of halogens is 3. The molecule has 0 spiro atoms. The van der Waals surface area contributed by atoms with Crippen LogP contribution in [0.4, 0.5) is 13.2 Å². The van der Waals surface area contributed by atoms with E-state index in [1.54, 1.807) is 11.3 Å². The van der Waals surface area contributed by atoms with Gasteiger partial charge >= 0.3 is 6.18 Å². The predicted molar refractivity (Wildman–Crippen MR) is 72.4 cm³/mol. The Bertz CT molecular complexity index is 540. The van der Waals surface area contributed by atoms with Crippen molar-refractivity contribution in [3.05, 3.63) is 57.8 Å². The summed E-state index contributed by atoms with van der Waals surface area (Å²) in [6.07, 6.45) is -5.35. The summed E-state index contributed by atoms with van der Waals surface area (Å²) < 4.78 is 37.7. The first-order chi connectivity index (χ1) is 9.47. The fraction of sp³-hybridized carbons (Fsp3) is 0.286. The minimum Gasteiger partial charge on any atom is -0.387 e. The van der Waals surface area contributed by atoms with Crippen LogP contribution < -0.4 is 5.32 Å². The summed E-state index contributed by atoms with van der Waals surface area (Å²) in [6, 6.07) is 8.65. The Morgan fingerprint density at radius 2 is 2.00 bits per heavy atom. The van der Waals surface area contributed by atoms with Gasteiger partial charge in [0.2, 0.25) is 0 Å². The first-order valence-corrected chi connectivity index (χ1v) is 6.93. The van der Waals surface area contributed by atoms with Gasteiger partial charge in [0.25, 0.3) is 0 Å². The lowest BCUT2D eigenvalue weighted by Gasteiger charge is -2.14. The van der Waals surface area contributed by atoms with Crippen molar-refractivity contribution in [1.29, 1.82) is 0 Å². The molecule has 2 aromatic rings. The van der Waals surface area contributed by atoms with E-state index in [9.17, 15) is 18.3 Å². The summed E-state index contributed by atoms with van der Waals surface area (Å²) in [6.45, 7) is 0.799. The summed E-state index contributed by atoms with van der Waals surface area (Å²) in [5, 5.41) is 14.9. The molecule has 2 N–H and O–H groups in total. The van der Waals surface area contributed by atoms with Crippen molar-refractivity contribution >= 4 is 11.3 Å². The van der Waals surface area contributed by atoms with E-state index in [-0.39, 0.29) is 12.1 Å². The first kappa shape index (κ1) is 15.0. The highest BCUT2D eigenvalue weighted by Gasteiger charge is 2.30. The maximum absolute atomic E-state index is 12.6. The van der Waals surface area contributed by atoms with E-state index in [2.05, 4.69) is 5.32 Å². The van der Waals surface area contributed by atoms with Crippen molar-refractivity contribution in [1.82, 2.24) is 5.32 Å². The Morgan fingerprint density at radius 1 is 1.20 bits per heavy atom. The first-order valence-electron chi connectivity index (χ1n) is 6.05. The van der Waals surface area contributed by atoms with Crippen molar-refractivity contribution in [3.63, 3.8) is 0 Å². The molecule has 0 radical (unpaired) electrons. The number of benzene rings is 1. The summed E-state index contributed by atoms with van der Waals surface area (Å²) >= 11 is 1.58. The van der Waals surface area contributed by atoms with Crippen molar-refractivity contribution in [2.24, 2.45) is 0 Å². The van der Waals surface area contributed by atoms with Gasteiger partial charge < -0.3 is 10.4 Å². The number of hydrogen-bond acceptors (Lipinski definition) is 3. The Morgan fingerprint density at radius 3 is 2.65 bits per heavy atom. The summed E-state index contributed by atoms with van der Waals surface area (Å²) in [5.74, 6) is 0. The molecule has 20 heavy (non-hydrogen) atoms. The highest BCUT2D eigenvalue weighted by atomic mass is 32.1. The monoisotopic (exact) mass is 301 g/mol. The van der Waals surface area contributed by atoms with Crippen LogP contribution in [0.5, 0.6) is 0 Å². The van der Waals surface area contributed by atoms with Gasteiger partial charge in [-0.2, -0.15) is 13.2 Å². The van der Waals surface area contributed by atoms with E-state index in [0.717, 1.165) is 17.0 Å². The standard InChI is InChI=1S/C14H14F3NOS/c15-14(16,17)11-4-1-3-10(7-11)13(19)9-18-8-12-5-2-6-20-12/h1-7,13,18-19H,8-9H2. The molecule has 0 saturated heterocycles. The van der Waals surface area contributed by atoms with Gasteiger partial charge in [0, 0.05) is 18.0 Å². The molecule has 0 aliphatic carbocycles. The molecule has 1 atom stereocenters. The lowest BCUT2D eigenvalue weighted by Crippen LogP contribution is -2.21. The van der Waals surface area contributed by atoms with Crippen LogP contribution in [-0.4, -0.2) is 11.7 Å². The van der Waals surface area contributed by atoms with Crippen molar-refractivity contribution in [2.45, 2.75) is 18.8 Å². The summed E-state index contributed by atoms with van der Waals surface area (Å²) in [5.41, 5.74) is -0.481. The smallest absolute Gasteiger partial charge is 0.387 e. The molecular weight excluding hydrogens is 287 g/mol. The highest BCUT2D eigenvalue weighted by Crippen LogP contribution is 2.30. The second kappa shape index (κ2) is 6.39. The molecular formula is C14H14F3NOS. The van der Waals surface area contributed by atoms with Crippen LogP contribution in [0.15, 0.2) is 41.8 Å². The van der Waals surface area contributed by atoms with Gasteiger partial charge in [0.05, 0.1) is 11.7 Å². The van der Waals surface area contributed by atoms with Crippen LogP contribution in [0.1, 0.15) is 22.1 Å². The van der Waals surface area contributed by atoms with Gasteiger partial charge in [-0.15, -0.1) is 11.3 Å². The third kappa shape index (κ3) is 4.06. The van der Waals surface area contributed by atoms with Crippen LogP contribution >= 0.6 is 11.3 Å². The average molecular weight is 301 g/mol. The van der Waals surface area contributed by atoms with E-state index < -0.39 is 17.8 Å². The Hall–Kier alpha value is -1.37. The van der Waals surface area contributed by atoms with Gasteiger partial charge in [-0.05, 0) is 29.1 Å². The number of rotatable bonds is 5. The molecule has 1 heterocycles. The summed E-state index contributed by atoms with van der Waals surface area (Å²) in [7, 11) is 0. The number of aliphatic hydroxyl groups is 1. The fourth-order valence-corrected chi connectivity index (χ4v) is 2.46. The van der Waals surface area contributed by atoms with Crippen LogP contribution in [-0.2, 0) is 12.7 Å². The number of nitrogens with one attached hydrogen (secondary N) is 1. The minimum absolute atomic E-state index is 0.208. The molecule has 108 valence electrons. The number of thiophene rings is 1. The quantitative estimate of drug-likeness (QED) is 0.884. The van der Waals surface area contributed by atoms with Gasteiger partial charge in [0.1, 0.15) is 0 Å². The van der Waals surface area contributed by atoms with Crippen LogP contribution in [0.25, 0.3) is 0 Å². The highest BCUT2D eigenvalue weighted by molar-refractivity contribution is 7.09. The largest absolute Gasteiger partial charge is 0.416 e. The number of alkyl halides is 3. The maximum atomic E-state index is 12.6. The predicted octanol–water partition coefficient (Wildman–Crippen LogP) is 3.59. The maximum Gasteiger partial charge on any atom is 0.416 e. The average Bonchev–Trinajstić information content (AvgIpc) is 2.91. The molecule has 0 amide bonds. The van der Waals surface area contributed by atoms with E-state index >= 15 is 0 Å². The molecule has 1 unspecified atom stereocenters. The molecule has 0 aliphatic rings. The van der Waals surface area contributed by atoms with Crippen LogP contribution in [0.3, 0.4) is 0 Å². The zero-order valence-corrected chi connectivity index (χ0v) is 11.3. The number of aliphatic hydroxyl groups excluding tert-OH is 1. The Kier molecular flexibility index (Phi) is 4.80. The Labute approximate surface area is 118 Å². The number of hydrogen-bond donors (Lipinski definition) is 2. The van der Waals surface area contributed by atoms with E-state index in [4.69, 9.17) is 0 Å². The molecule has 2 nitrogen and oxygen atoms in total. The zero-order chi connectivity index (χ0) is 14.6. The van der Waals surface area contributed by atoms with Crippen LogP contribution in [0.2, 0.25) is 0 Å². The molecule has 0 aliphatic heterocycles. The lowest BCUT2D eigenvalue weighted by molar-refractivity contribution is -0.137. The van der Waals surface area contributed by atoms with Crippen LogP contribution in [0, 0.1) is 0 Å². The zero-order valence-electron chi connectivity index (χ0n) is 10.5. The van der Waals surface area contributed by atoms with E-state index in [1.807, 2.05) is 17.5 Å². The van der Waals surface area contributed by atoms with Crippen molar-refractivity contribution in [2.75, 3.05) is 6.54 Å². The van der Waals surface area contributed by atoms with Gasteiger partial charge in [-0.1, -0.05) is 18.2 Å². The third-order valence-electron chi connectivity index (χ3n) is 2.82. The summed E-state index contributed by atoms with van der Waals surface area (Å²) in [4.78, 5) is 1.11. The van der Waals surface area contributed by atoms with Gasteiger partial charge in [-0.3, -0.25) is 0 Å². The van der Waals surface area contributed by atoms with E-state index in [1.165, 1.54) is 12.1 Å². The van der Waals surface area contributed by atoms with Crippen molar-refractivity contribution < 1.29 is 18.3 Å². The minimum atomic E-state index is -4.39.